The maximum absolute atomic E-state index is 13.5. The summed E-state index contributed by atoms with van der Waals surface area (Å²) in [7, 11) is -11.5. The molecule has 5 atom stereocenters. The molecule has 0 aromatic heterocycles. The molecule has 0 amide bonds. The van der Waals surface area contributed by atoms with Crippen molar-refractivity contribution in [3.8, 4) is 0 Å². The zero-order valence-electron chi connectivity index (χ0n) is 66.4. The van der Waals surface area contributed by atoms with Gasteiger partial charge in [0.15, 0.2) is 5.60 Å². The quantitative estimate of drug-likeness (QED) is 0.0164. The van der Waals surface area contributed by atoms with E-state index in [0.29, 0.717) is 40.1 Å². The Morgan fingerprint density at radius 1 is 0.586 bits per heavy atom. The number of halogens is 2. The number of aliphatic hydroxyl groups is 1. The SMILES string of the molecule is C1CCOC1.CC(C)CC(=[N-])C1(c2ccc(Cl)cc2)CCC1.Cc1ccc(S(=O)(=O)N2[C@H](c3ccccc3)C(C)(C)O[S+]2O)cc1.Cc1ccc(S(=O)(=O)N[C@H](c2ccccc2)C(C)(C)O)cc1.Cc1ccc(S(=O)(=O)N[C@H](c2ccccc2)C(C)(C)O[S+](O)N=C(CC(C)C)C2(c3ccc(Cl)cc3)CCC2)cc1.[CH3-].[Mg+2]. The molecule has 2 unspecified atom stereocenters. The van der Waals surface area contributed by atoms with E-state index < -0.39 is 88.3 Å². The van der Waals surface area contributed by atoms with Crippen LogP contribution in [-0.2, 0) is 77.3 Å². The van der Waals surface area contributed by atoms with E-state index >= 15 is 0 Å². The summed E-state index contributed by atoms with van der Waals surface area (Å²) >= 11 is 8.43. The molecule has 25 heteroatoms. The first-order chi connectivity index (χ1) is 51.3. The molecule has 0 bridgehead atoms. The second kappa shape index (κ2) is 41.5. The molecule has 2 aliphatic carbocycles. The van der Waals surface area contributed by atoms with Gasteiger partial charge in [0.25, 0.3) is 10.0 Å². The predicted octanol–water partition coefficient (Wildman–Crippen LogP) is 19.9. The minimum Gasteiger partial charge on any atom is -0.811 e. The van der Waals surface area contributed by atoms with E-state index in [4.69, 9.17) is 40.7 Å². The van der Waals surface area contributed by atoms with Gasteiger partial charge in [-0.3, -0.25) is 0 Å². The summed E-state index contributed by atoms with van der Waals surface area (Å²) in [5.74, 6) is 0.821. The molecule has 5 N–H and O–H groups in total. The van der Waals surface area contributed by atoms with Gasteiger partial charge in [0.05, 0.1) is 41.8 Å². The smallest absolute Gasteiger partial charge is 0.811 e. The third-order valence-corrected chi connectivity index (χ3v) is 27.6. The number of ether oxygens (including phenoxy) is 1. The van der Waals surface area contributed by atoms with Crippen LogP contribution < -0.4 is 9.44 Å². The number of nitrogens with one attached hydrogen (secondary N) is 2. The van der Waals surface area contributed by atoms with Gasteiger partial charge in [-0.1, -0.05) is 239 Å². The van der Waals surface area contributed by atoms with Crippen molar-refractivity contribution in [2.24, 2.45) is 16.2 Å². The monoisotopic (exact) mass is 1660 g/mol. The maximum atomic E-state index is 13.5. The Bertz CT molecular complexity index is 4590. The molecule has 0 radical (unpaired) electrons. The molecule has 2 aliphatic heterocycles. The number of sulfonamides is 3. The van der Waals surface area contributed by atoms with Crippen LogP contribution in [0.25, 0.3) is 5.41 Å². The summed E-state index contributed by atoms with van der Waals surface area (Å²) in [6.45, 7) is 26.5. The number of hydrogen-bond donors (Lipinski definition) is 5. The fourth-order valence-electron chi connectivity index (χ4n) is 13.5. The Balaban J connectivity index is 0.000000236. The van der Waals surface area contributed by atoms with E-state index in [0.717, 1.165) is 94.0 Å². The van der Waals surface area contributed by atoms with Crippen LogP contribution in [0.5, 0.6) is 0 Å². The Morgan fingerprint density at radius 3 is 1.33 bits per heavy atom. The number of aryl methyl sites for hydroxylation is 3. The van der Waals surface area contributed by atoms with Gasteiger partial charge in [-0.05, 0) is 213 Å². The Labute approximate surface area is 694 Å². The zero-order valence-corrected chi connectivity index (χ0v) is 73.4. The number of rotatable bonds is 24. The van der Waals surface area contributed by atoms with Crippen molar-refractivity contribution >= 4 is 111 Å². The second-order valence-electron chi connectivity index (χ2n) is 30.8. The van der Waals surface area contributed by atoms with Crippen molar-refractivity contribution in [2.75, 3.05) is 13.2 Å². The minimum absolute atomic E-state index is 0. The van der Waals surface area contributed by atoms with E-state index in [2.05, 4.69) is 49.3 Å². The van der Waals surface area contributed by atoms with Crippen molar-refractivity contribution in [3.05, 3.63) is 280 Å². The molecule has 12 rings (SSSR count). The summed E-state index contributed by atoms with van der Waals surface area (Å²) < 4.78 is 128. The topological polar surface area (TPSA) is 253 Å². The average molecular weight is 1660 g/mol. The van der Waals surface area contributed by atoms with E-state index in [9.17, 15) is 44.9 Å². The Hall–Kier alpha value is -5.36. The van der Waals surface area contributed by atoms with Gasteiger partial charge in [-0.15, -0.1) is 17.5 Å². The molecular weight excluding hydrogens is 1550 g/mol. The van der Waals surface area contributed by atoms with Crippen LogP contribution in [0.1, 0.15) is 196 Å². The molecule has 4 aliphatic rings. The molecule has 2 heterocycles. The van der Waals surface area contributed by atoms with Crippen molar-refractivity contribution in [1.29, 1.82) is 0 Å². The molecule has 2 saturated heterocycles. The normalized spacial score (nSPS) is 18.1. The average Bonchev–Trinajstić information content (AvgIpc) is 1.58. The summed E-state index contributed by atoms with van der Waals surface area (Å²) in [5, 5.41) is 22.2. The van der Waals surface area contributed by atoms with Gasteiger partial charge in [0.1, 0.15) is 11.6 Å². The van der Waals surface area contributed by atoms with Crippen LogP contribution in [-0.4, -0.2) is 108 Å². The molecular formula is C86H111Cl2MgN5O12S5+2. The van der Waals surface area contributed by atoms with Gasteiger partial charge in [-0.2, -0.15) is 5.71 Å². The molecule has 2 saturated carbocycles. The van der Waals surface area contributed by atoms with Crippen LogP contribution in [0, 0.1) is 40.0 Å². The van der Waals surface area contributed by atoms with Gasteiger partial charge < -0.3 is 22.7 Å². The Morgan fingerprint density at radius 2 is 0.964 bits per heavy atom. The van der Waals surface area contributed by atoms with Gasteiger partial charge in [0.2, 0.25) is 20.0 Å². The van der Waals surface area contributed by atoms with Gasteiger partial charge in [0, 0.05) is 33.1 Å². The molecule has 8 aromatic carbocycles. The molecule has 596 valence electrons. The van der Waals surface area contributed by atoms with Crippen LogP contribution in [0.3, 0.4) is 0 Å². The number of hydrogen-bond acceptors (Lipinski definition) is 13. The minimum atomic E-state index is -3.90. The first-order valence-corrected chi connectivity index (χ1v) is 44.2. The van der Waals surface area contributed by atoms with Crippen molar-refractivity contribution in [3.63, 3.8) is 0 Å². The van der Waals surface area contributed by atoms with Crippen LogP contribution in [0.15, 0.2) is 231 Å². The molecule has 4 fully saturated rings. The molecule has 8 aromatic rings. The molecule has 0 spiro atoms. The zero-order chi connectivity index (χ0) is 79.8. The summed E-state index contributed by atoms with van der Waals surface area (Å²) in [6, 6.07) is 61.1. The van der Waals surface area contributed by atoms with Gasteiger partial charge in [-0.25, -0.2) is 34.7 Å². The van der Waals surface area contributed by atoms with E-state index in [1.165, 1.54) is 24.8 Å². The maximum Gasteiger partial charge on any atom is 2.00 e. The first-order valence-electron chi connectivity index (χ1n) is 37.0. The van der Waals surface area contributed by atoms with Crippen LogP contribution in [0.4, 0.5) is 0 Å². The van der Waals surface area contributed by atoms with Crippen molar-refractivity contribution in [1.82, 2.24) is 13.2 Å². The molecule has 111 heavy (non-hydrogen) atoms. The fourth-order valence-corrected chi connectivity index (χ4v) is 20.9. The van der Waals surface area contributed by atoms with Crippen molar-refractivity contribution in [2.45, 2.75) is 215 Å². The third-order valence-electron chi connectivity index (χ3n) is 19.7. The fraction of sp³-hybridized carbons (Fsp3) is 0.407. The van der Waals surface area contributed by atoms with E-state index in [1.54, 1.807) is 126 Å². The van der Waals surface area contributed by atoms with E-state index in [-0.39, 0.29) is 56.0 Å². The largest absolute Gasteiger partial charge is 2.00 e. The summed E-state index contributed by atoms with van der Waals surface area (Å²) in [4.78, 5) is 0.486. The predicted molar refractivity (Wildman–Crippen MR) is 458 cm³/mol. The van der Waals surface area contributed by atoms with Crippen LogP contribution >= 0.6 is 23.2 Å². The first kappa shape index (κ1) is 94.5. The molecule has 17 nitrogen and oxygen atoms in total. The van der Waals surface area contributed by atoms with Crippen molar-refractivity contribution < 1.29 is 52.6 Å². The van der Waals surface area contributed by atoms with E-state index in [1.807, 2.05) is 136 Å². The summed E-state index contributed by atoms with van der Waals surface area (Å²) in [5.41, 5.74) is 5.43. The van der Waals surface area contributed by atoms with Gasteiger partial charge >= 0.3 is 46.3 Å². The number of nitrogens with zero attached hydrogens (tertiary/aromatic N) is 3. The number of benzene rings is 8. The summed E-state index contributed by atoms with van der Waals surface area (Å²) in [6.07, 6.45) is 10.3. The second-order valence-corrected chi connectivity index (χ2v) is 39.0. The third kappa shape index (κ3) is 25.6. The van der Waals surface area contributed by atoms with Crippen LogP contribution in [0.2, 0.25) is 10.0 Å². The standard InChI is InChI=1S/C32H40ClN2O4S2.C17H20NO4S2.C17H21NO3S.C15H19ClN.C4H8O.CH3.Mg/c1-23(2)22-29(32(20-9-21-32)26-14-16-27(33)17-15-26)34-40(36)39-31(4,5)30(25-10-7-6-8-11-25)35-41(37,38)28-18-12-24(3)13-19-28;1-13-9-11-15(12-10-13)24(20,21)18-16(14-7-5-4-6-8-14)17(2,3)22-23(18)19;1-13-9-11-15(12-10-13)22(20,21)18-16(17(2,3)19)14-7-5-4-6-8-14;1-11(2)10-14(17)15(8-3-9-15)12-4-6-13(16)7-5-12;1-2-4-5-3-1;;/h6-8,10-19,23,30,35-36H,9,20-22H2,1-5H3;4-12,16,19H,1-3H3;4-12,16,18-19H,1-3H3;4-7,11H,3,8-10H2,1-2H3;1-4H2;1H3;/q2*+1;;-1;;-1;+2/t30-,40?;16-,23?;16-;;;;/m111..../s1. The Kier molecular flexibility index (Phi) is 35.3.